The molecule has 4 N–H and O–H groups in total. The summed E-state index contributed by atoms with van der Waals surface area (Å²) in [5.41, 5.74) is 5.68. The zero-order valence-corrected chi connectivity index (χ0v) is 10.1. The normalized spacial score (nSPS) is 10.1. The van der Waals surface area contributed by atoms with Crippen LogP contribution in [0.1, 0.15) is 20.8 Å². The van der Waals surface area contributed by atoms with Gasteiger partial charge < -0.3 is 16.2 Å². The lowest BCUT2D eigenvalue weighted by Gasteiger charge is -2.08. The van der Waals surface area contributed by atoms with Crippen molar-refractivity contribution in [1.29, 1.82) is 0 Å². The Morgan fingerprint density at radius 2 is 2.00 bits per heavy atom. The Morgan fingerprint density at radius 1 is 1.25 bits per heavy atom. The number of hydrogen-bond donors (Lipinski definition) is 3. The number of carbonyl (C=O) groups is 2. The van der Waals surface area contributed by atoms with Gasteiger partial charge in [-0.3, -0.25) is 4.79 Å². The molecular weight excluding hydrogens is 265 g/mol. The van der Waals surface area contributed by atoms with Crippen LogP contribution in [0.2, 0.25) is 0 Å². The summed E-state index contributed by atoms with van der Waals surface area (Å²) in [6.45, 7) is 0. The molecule has 0 saturated heterocycles. The molecule has 0 atom stereocenters. The molecule has 1 aromatic carbocycles. The maximum Gasteiger partial charge on any atom is 0.337 e. The Hall–Kier alpha value is -2.96. The van der Waals surface area contributed by atoms with Crippen molar-refractivity contribution in [3.8, 4) is 0 Å². The smallest absolute Gasteiger partial charge is 0.337 e. The highest BCUT2D eigenvalue weighted by atomic mass is 19.1. The number of hydrogen-bond acceptors (Lipinski definition) is 4. The van der Waals surface area contributed by atoms with Gasteiger partial charge in [0.2, 0.25) is 0 Å². The number of rotatable bonds is 3. The van der Waals surface area contributed by atoms with Crippen molar-refractivity contribution in [2.24, 2.45) is 0 Å². The number of nitrogen functional groups attached to an aromatic ring is 1. The molecule has 7 heteroatoms. The molecule has 0 aliphatic carbocycles. The second-order valence-electron chi connectivity index (χ2n) is 3.93. The Balaban J connectivity index is 2.28. The fraction of sp³-hybridized carbons (Fsp3) is 0. The van der Waals surface area contributed by atoms with Crippen molar-refractivity contribution in [3.05, 3.63) is 53.6 Å². The van der Waals surface area contributed by atoms with Crippen LogP contribution in [0, 0.1) is 5.82 Å². The van der Waals surface area contributed by atoms with Crippen LogP contribution in [0.25, 0.3) is 0 Å². The first-order valence-electron chi connectivity index (χ1n) is 5.53. The highest BCUT2D eigenvalue weighted by molar-refractivity contribution is 6.07. The van der Waals surface area contributed by atoms with E-state index in [1.807, 2.05) is 0 Å². The van der Waals surface area contributed by atoms with E-state index in [9.17, 15) is 14.0 Å². The second kappa shape index (κ2) is 5.35. The summed E-state index contributed by atoms with van der Waals surface area (Å²) in [4.78, 5) is 26.5. The van der Waals surface area contributed by atoms with E-state index in [-0.39, 0.29) is 22.6 Å². The van der Waals surface area contributed by atoms with Crippen molar-refractivity contribution >= 4 is 23.3 Å². The topological polar surface area (TPSA) is 105 Å². The monoisotopic (exact) mass is 275 g/mol. The van der Waals surface area contributed by atoms with Crippen molar-refractivity contribution in [2.75, 3.05) is 11.1 Å². The lowest BCUT2D eigenvalue weighted by Crippen LogP contribution is -2.16. The Bertz CT molecular complexity index is 671. The predicted molar refractivity (Wildman–Crippen MR) is 70.0 cm³/mol. The second-order valence-corrected chi connectivity index (χ2v) is 3.93. The number of pyridine rings is 1. The minimum absolute atomic E-state index is 0.0282. The van der Waals surface area contributed by atoms with Crippen LogP contribution in [0.5, 0.6) is 0 Å². The number of nitrogens with zero attached hydrogens (tertiary/aromatic N) is 1. The first-order valence-corrected chi connectivity index (χ1v) is 5.53. The van der Waals surface area contributed by atoms with Crippen molar-refractivity contribution in [2.45, 2.75) is 0 Å². The summed E-state index contributed by atoms with van der Waals surface area (Å²) in [5, 5.41) is 11.4. The number of carbonyl (C=O) groups excluding carboxylic acids is 1. The zero-order chi connectivity index (χ0) is 14.7. The molecule has 0 aliphatic rings. The minimum Gasteiger partial charge on any atom is -0.478 e. The minimum atomic E-state index is -1.22. The van der Waals surface area contributed by atoms with E-state index in [2.05, 4.69) is 10.3 Å². The number of carboxylic acids is 1. The molecule has 20 heavy (non-hydrogen) atoms. The molecule has 2 aromatic rings. The van der Waals surface area contributed by atoms with Gasteiger partial charge in [-0.2, -0.15) is 0 Å². The number of nitrogens with two attached hydrogens (primary N) is 1. The van der Waals surface area contributed by atoms with E-state index in [1.165, 1.54) is 24.3 Å². The summed E-state index contributed by atoms with van der Waals surface area (Å²) >= 11 is 0. The zero-order valence-electron chi connectivity index (χ0n) is 10.1. The summed E-state index contributed by atoms with van der Waals surface area (Å²) in [5.74, 6) is -2.43. The third kappa shape index (κ3) is 2.89. The van der Waals surface area contributed by atoms with E-state index in [4.69, 9.17) is 10.8 Å². The maximum atomic E-state index is 12.7. The first kappa shape index (κ1) is 13.5. The van der Waals surface area contributed by atoms with Crippen LogP contribution in [0.3, 0.4) is 0 Å². The maximum absolute atomic E-state index is 12.7. The largest absolute Gasteiger partial charge is 0.478 e. The third-order valence-electron chi connectivity index (χ3n) is 2.48. The SMILES string of the molecule is Nc1ccc(NC(=O)c2ccc(F)cn2)c(C(=O)O)c1. The Morgan fingerprint density at radius 3 is 2.60 bits per heavy atom. The lowest BCUT2D eigenvalue weighted by molar-refractivity contribution is 0.0698. The molecular formula is C13H10FN3O3. The fourth-order valence-electron chi connectivity index (χ4n) is 1.54. The highest BCUT2D eigenvalue weighted by Crippen LogP contribution is 2.19. The number of amides is 1. The van der Waals surface area contributed by atoms with Gasteiger partial charge in [0.05, 0.1) is 17.4 Å². The molecule has 6 nitrogen and oxygen atoms in total. The standard InChI is InChI=1S/C13H10FN3O3/c14-7-1-3-11(16-6-7)12(18)17-10-4-2-8(15)5-9(10)13(19)20/h1-6H,15H2,(H,17,18)(H,19,20). The van der Waals surface area contributed by atoms with Gasteiger partial charge in [0.15, 0.2) is 0 Å². The first-order chi connectivity index (χ1) is 9.47. The van der Waals surface area contributed by atoms with Gasteiger partial charge in [0, 0.05) is 5.69 Å². The van der Waals surface area contributed by atoms with Crippen LogP contribution in [0.4, 0.5) is 15.8 Å². The van der Waals surface area contributed by atoms with Gasteiger partial charge in [-0.1, -0.05) is 0 Å². The van der Waals surface area contributed by atoms with E-state index in [1.54, 1.807) is 0 Å². The number of benzene rings is 1. The molecule has 0 saturated carbocycles. The van der Waals surface area contributed by atoms with E-state index in [0.29, 0.717) is 0 Å². The van der Waals surface area contributed by atoms with Gasteiger partial charge in [-0.15, -0.1) is 0 Å². The molecule has 0 spiro atoms. The van der Waals surface area contributed by atoms with Gasteiger partial charge in [0.25, 0.3) is 5.91 Å². The molecule has 2 rings (SSSR count). The quantitative estimate of drug-likeness (QED) is 0.740. The molecule has 0 fully saturated rings. The number of aromatic carboxylic acids is 1. The summed E-state index contributed by atoms with van der Waals surface area (Å²) < 4.78 is 12.7. The molecule has 1 aromatic heterocycles. The number of aromatic nitrogens is 1. The van der Waals surface area contributed by atoms with Crippen LogP contribution in [-0.4, -0.2) is 22.0 Å². The Kier molecular flexibility index (Phi) is 3.60. The number of halogens is 1. The molecule has 0 bridgehead atoms. The van der Waals surface area contributed by atoms with Crippen molar-refractivity contribution < 1.29 is 19.1 Å². The molecule has 0 unspecified atom stereocenters. The van der Waals surface area contributed by atoms with E-state index in [0.717, 1.165) is 12.3 Å². The fourth-order valence-corrected chi connectivity index (χ4v) is 1.54. The van der Waals surface area contributed by atoms with Crippen LogP contribution in [0.15, 0.2) is 36.5 Å². The van der Waals surface area contributed by atoms with Gasteiger partial charge in [-0.25, -0.2) is 14.2 Å². The van der Waals surface area contributed by atoms with Crippen LogP contribution in [-0.2, 0) is 0 Å². The summed E-state index contributed by atoms with van der Waals surface area (Å²) in [6, 6.07) is 6.35. The molecule has 0 aliphatic heterocycles. The van der Waals surface area contributed by atoms with Crippen LogP contribution < -0.4 is 11.1 Å². The summed E-state index contributed by atoms with van der Waals surface area (Å²) in [6.07, 6.45) is 0.899. The average molecular weight is 275 g/mol. The number of anilines is 2. The highest BCUT2D eigenvalue weighted by Gasteiger charge is 2.14. The van der Waals surface area contributed by atoms with Gasteiger partial charge in [-0.05, 0) is 30.3 Å². The Labute approximate surface area is 113 Å². The molecule has 102 valence electrons. The average Bonchev–Trinajstić information content (AvgIpc) is 2.41. The van der Waals surface area contributed by atoms with Gasteiger partial charge in [0.1, 0.15) is 11.5 Å². The molecule has 1 heterocycles. The predicted octanol–water partition coefficient (Wildman–Crippen LogP) is 1.75. The van der Waals surface area contributed by atoms with Crippen LogP contribution >= 0.6 is 0 Å². The molecule has 0 radical (unpaired) electrons. The van der Waals surface area contributed by atoms with E-state index < -0.39 is 17.7 Å². The lowest BCUT2D eigenvalue weighted by atomic mass is 10.1. The van der Waals surface area contributed by atoms with Crippen molar-refractivity contribution in [3.63, 3.8) is 0 Å². The number of carboxylic acid groups (broad SMARTS) is 1. The number of nitrogens with one attached hydrogen (secondary N) is 1. The van der Waals surface area contributed by atoms with Crippen molar-refractivity contribution in [1.82, 2.24) is 4.98 Å². The third-order valence-corrected chi connectivity index (χ3v) is 2.48. The van der Waals surface area contributed by atoms with E-state index >= 15 is 0 Å². The molecule has 1 amide bonds. The van der Waals surface area contributed by atoms with Gasteiger partial charge >= 0.3 is 5.97 Å². The summed E-state index contributed by atoms with van der Waals surface area (Å²) in [7, 11) is 0.